The van der Waals surface area contributed by atoms with Gasteiger partial charge in [0, 0.05) is 6.42 Å². The maximum Gasteiger partial charge on any atom is 0.303 e. The van der Waals surface area contributed by atoms with Crippen LogP contribution in [0.5, 0.6) is 0 Å². The van der Waals surface area contributed by atoms with Crippen molar-refractivity contribution in [1.82, 2.24) is 4.90 Å². The van der Waals surface area contributed by atoms with Crippen molar-refractivity contribution < 1.29 is 20.1 Å². The highest BCUT2D eigenvalue weighted by atomic mass is 16.4. The Morgan fingerprint density at radius 1 is 1.04 bits per heavy atom. The van der Waals surface area contributed by atoms with Gasteiger partial charge in [-0.05, 0) is 39.8 Å². The smallest absolute Gasteiger partial charge is 0.303 e. The van der Waals surface area contributed by atoms with Crippen molar-refractivity contribution in [1.29, 1.82) is 0 Å². The van der Waals surface area contributed by atoms with E-state index < -0.39 is 17.8 Å². The number of unbranched alkanes of at least 4 members (excludes halogenated alkanes) is 5. The van der Waals surface area contributed by atoms with Crippen LogP contribution in [0, 0.1) is 5.92 Å². The van der Waals surface area contributed by atoms with Crippen LogP contribution in [-0.2, 0) is 4.79 Å². The summed E-state index contributed by atoms with van der Waals surface area (Å²) in [5.74, 6) is -0.299. The molecule has 0 rings (SSSR count). The molecule has 0 saturated carbocycles. The lowest BCUT2D eigenvalue weighted by molar-refractivity contribution is -0.165. The van der Waals surface area contributed by atoms with Gasteiger partial charge in [0.25, 0.3) is 0 Å². The van der Waals surface area contributed by atoms with Crippen LogP contribution < -0.4 is 0 Å². The largest absolute Gasteiger partial charge is 0.481 e. The standard InChI is InChI=1S/C9H21NO2.C9H18O2/c1-7(2)6-9(12,8(3)11)10(4)5;1-2-3-4-5-6-7-8-9(10)11/h7-8,11-12H,6H2,1-5H3;2-8H2,1H3,(H,10,11). The molecule has 0 amide bonds. The van der Waals surface area contributed by atoms with Crippen LogP contribution >= 0.6 is 0 Å². The molecule has 23 heavy (non-hydrogen) atoms. The van der Waals surface area contributed by atoms with Crippen LogP contribution in [0.4, 0.5) is 0 Å². The summed E-state index contributed by atoms with van der Waals surface area (Å²) in [6.45, 7) is 7.84. The van der Waals surface area contributed by atoms with Gasteiger partial charge in [-0.15, -0.1) is 0 Å². The Balaban J connectivity index is 0. The molecule has 0 aliphatic heterocycles. The summed E-state index contributed by atoms with van der Waals surface area (Å²) in [4.78, 5) is 11.8. The SMILES string of the molecule is CC(C)CC(O)(C(C)O)N(C)C.CCCCCCCCC(=O)O. The fourth-order valence-electron chi connectivity index (χ4n) is 2.38. The van der Waals surface area contributed by atoms with Gasteiger partial charge in [0.1, 0.15) is 5.72 Å². The molecule has 0 spiro atoms. The molecule has 5 heteroatoms. The lowest BCUT2D eigenvalue weighted by Gasteiger charge is -2.38. The second-order valence-corrected chi connectivity index (χ2v) is 6.96. The van der Waals surface area contributed by atoms with Crippen molar-refractivity contribution in [3.05, 3.63) is 0 Å². The quantitative estimate of drug-likeness (QED) is 0.398. The molecule has 0 heterocycles. The number of rotatable bonds is 11. The van der Waals surface area contributed by atoms with Crippen molar-refractivity contribution in [3.63, 3.8) is 0 Å². The maximum absolute atomic E-state index is 10.1. The highest BCUT2D eigenvalue weighted by Crippen LogP contribution is 2.22. The number of likely N-dealkylation sites (N-methyl/N-ethyl adjacent to an activating group) is 1. The van der Waals surface area contributed by atoms with E-state index in [0.717, 1.165) is 12.8 Å². The highest BCUT2D eigenvalue weighted by Gasteiger charge is 2.35. The zero-order chi connectivity index (χ0) is 18.5. The van der Waals surface area contributed by atoms with E-state index in [1.54, 1.807) is 25.9 Å². The molecule has 5 nitrogen and oxygen atoms in total. The molecule has 0 bridgehead atoms. The van der Waals surface area contributed by atoms with Gasteiger partial charge < -0.3 is 15.3 Å². The second kappa shape index (κ2) is 13.8. The van der Waals surface area contributed by atoms with Gasteiger partial charge in [0.2, 0.25) is 0 Å². The molecule has 2 atom stereocenters. The predicted molar refractivity (Wildman–Crippen MR) is 95.4 cm³/mol. The monoisotopic (exact) mass is 333 g/mol. The van der Waals surface area contributed by atoms with E-state index in [0.29, 0.717) is 18.8 Å². The van der Waals surface area contributed by atoms with E-state index in [-0.39, 0.29) is 0 Å². The molecule has 140 valence electrons. The molecule has 2 unspecified atom stereocenters. The maximum atomic E-state index is 10.1. The Kier molecular flexibility index (Phi) is 14.7. The molecule has 0 aromatic heterocycles. The van der Waals surface area contributed by atoms with Crippen molar-refractivity contribution >= 4 is 5.97 Å². The molecule has 0 fully saturated rings. The molecule has 3 N–H and O–H groups in total. The van der Waals surface area contributed by atoms with Gasteiger partial charge in [0.05, 0.1) is 6.10 Å². The van der Waals surface area contributed by atoms with Crippen LogP contribution in [0.25, 0.3) is 0 Å². The average Bonchev–Trinajstić information content (AvgIpc) is 2.42. The molecule has 0 aliphatic rings. The van der Waals surface area contributed by atoms with E-state index in [1.807, 2.05) is 13.8 Å². The molecular weight excluding hydrogens is 294 g/mol. The number of hydrogen-bond acceptors (Lipinski definition) is 4. The number of hydrogen-bond donors (Lipinski definition) is 3. The second-order valence-electron chi connectivity index (χ2n) is 6.96. The third-order valence-corrected chi connectivity index (χ3v) is 3.90. The average molecular weight is 334 g/mol. The van der Waals surface area contributed by atoms with E-state index in [2.05, 4.69) is 6.92 Å². The minimum absolute atomic E-state index is 0.339. The topological polar surface area (TPSA) is 81.0 Å². The number of aliphatic hydroxyl groups is 2. The Labute approximate surface area is 142 Å². The first kappa shape index (κ1) is 24.6. The van der Waals surface area contributed by atoms with Gasteiger partial charge >= 0.3 is 5.97 Å². The summed E-state index contributed by atoms with van der Waals surface area (Å²) in [7, 11) is 3.55. The van der Waals surface area contributed by atoms with Crippen LogP contribution in [0.2, 0.25) is 0 Å². The lowest BCUT2D eigenvalue weighted by atomic mass is 9.95. The third-order valence-electron chi connectivity index (χ3n) is 3.90. The van der Waals surface area contributed by atoms with Crippen molar-refractivity contribution in [2.24, 2.45) is 5.92 Å². The van der Waals surface area contributed by atoms with Gasteiger partial charge in [-0.25, -0.2) is 0 Å². The number of carboxylic acid groups (broad SMARTS) is 1. The first-order valence-electron chi connectivity index (χ1n) is 8.87. The van der Waals surface area contributed by atoms with Crippen molar-refractivity contribution in [2.75, 3.05) is 14.1 Å². The molecular formula is C18H39NO4. The first-order valence-corrected chi connectivity index (χ1v) is 8.87. The van der Waals surface area contributed by atoms with Crippen molar-refractivity contribution in [3.8, 4) is 0 Å². The summed E-state index contributed by atoms with van der Waals surface area (Å²) in [6, 6.07) is 0. The highest BCUT2D eigenvalue weighted by molar-refractivity contribution is 5.66. The minimum atomic E-state index is -1.09. The fourth-order valence-corrected chi connectivity index (χ4v) is 2.38. The zero-order valence-electron chi connectivity index (χ0n) is 16.0. The summed E-state index contributed by atoms with van der Waals surface area (Å²) in [6.07, 6.45) is 7.10. The van der Waals surface area contributed by atoms with Gasteiger partial charge in [0.15, 0.2) is 0 Å². The Hall–Kier alpha value is -0.650. The van der Waals surface area contributed by atoms with Crippen LogP contribution in [-0.4, -0.2) is 52.1 Å². The summed E-state index contributed by atoms with van der Waals surface area (Å²) < 4.78 is 0. The summed E-state index contributed by atoms with van der Waals surface area (Å²) >= 11 is 0. The van der Waals surface area contributed by atoms with Gasteiger partial charge in [-0.2, -0.15) is 0 Å². The lowest BCUT2D eigenvalue weighted by Crippen LogP contribution is -2.53. The van der Waals surface area contributed by atoms with Gasteiger partial charge in [-0.3, -0.25) is 9.69 Å². The molecule has 0 aromatic carbocycles. The number of carboxylic acids is 1. The predicted octanol–water partition coefficient (Wildman–Crippen LogP) is 3.49. The van der Waals surface area contributed by atoms with E-state index in [9.17, 15) is 15.0 Å². The first-order chi connectivity index (χ1) is 10.6. The number of aliphatic carboxylic acids is 1. The number of carbonyl (C=O) groups is 1. The van der Waals surface area contributed by atoms with E-state index >= 15 is 0 Å². The molecule has 0 saturated heterocycles. The van der Waals surface area contributed by atoms with Crippen molar-refractivity contribution in [2.45, 2.75) is 90.9 Å². The molecule has 0 radical (unpaired) electrons. The fraction of sp³-hybridized carbons (Fsp3) is 0.944. The van der Waals surface area contributed by atoms with Crippen LogP contribution in [0.1, 0.15) is 79.1 Å². The summed E-state index contributed by atoms with van der Waals surface area (Å²) in [5, 5.41) is 27.7. The normalized spacial score (nSPS) is 15.0. The van der Waals surface area contributed by atoms with Crippen LogP contribution in [0.3, 0.4) is 0 Å². The van der Waals surface area contributed by atoms with Gasteiger partial charge in [-0.1, -0.05) is 52.9 Å². The molecule has 0 aromatic rings. The Bertz CT molecular complexity index is 283. The molecule has 0 aliphatic carbocycles. The summed E-state index contributed by atoms with van der Waals surface area (Å²) in [5.41, 5.74) is -1.09. The number of nitrogens with zero attached hydrogens (tertiary/aromatic N) is 1. The Morgan fingerprint density at radius 2 is 1.52 bits per heavy atom. The Morgan fingerprint density at radius 3 is 1.83 bits per heavy atom. The third kappa shape index (κ3) is 13.5. The van der Waals surface area contributed by atoms with Crippen LogP contribution in [0.15, 0.2) is 0 Å². The van der Waals surface area contributed by atoms with E-state index in [1.165, 1.54) is 25.7 Å². The number of aliphatic hydroxyl groups excluding tert-OH is 1. The minimum Gasteiger partial charge on any atom is -0.481 e. The zero-order valence-corrected chi connectivity index (χ0v) is 16.0. The van der Waals surface area contributed by atoms with E-state index in [4.69, 9.17) is 5.11 Å².